The topological polar surface area (TPSA) is 96.7 Å². The zero-order valence-corrected chi connectivity index (χ0v) is 17.9. The zero-order valence-electron chi connectivity index (χ0n) is 17.0. The first-order valence-electron chi connectivity index (χ1n) is 9.67. The SMILES string of the molecule is Cc1c(C(=O)Nc2ccc(CN3C(=O)CSC3=O)cc2)oc2c1C(=O)CC(C)(C)C2. The highest BCUT2D eigenvalue weighted by Gasteiger charge is 2.37. The summed E-state index contributed by atoms with van der Waals surface area (Å²) in [7, 11) is 0. The van der Waals surface area contributed by atoms with Gasteiger partial charge in [0.1, 0.15) is 5.76 Å². The van der Waals surface area contributed by atoms with Crippen molar-refractivity contribution in [2.24, 2.45) is 5.41 Å². The number of benzene rings is 1. The van der Waals surface area contributed by atoms with Crippen LogP contribution in [0.3, 0.4) is 0 Å². The number of furan rings is 1. The third kappa shape index (κ3) is 3.79. The molecule has 0 bridgehead atoms. The summed E-state index contributed by atoms with van der Waals surface area (Å²) in [6, 6.07) is 6.92. The van der Waals surface area contributed by atoms with Crippen LogP contribution < -0.4 is 5.32 Å². The molecule has 1 N–H and O–H groups in total. The van der Waals surface area contributed by atoms with E-state index in [4.69, 9.17) is 4.42 Å². The summed E-state index contributed by atoms with van der Waals surface area (Å²) < 4.78 is 5.80. The summed E-state index contributed by atoms with van der Waals surface area (Å²) in [6.45, 7) is 5.96. The van der Waals surface area contributed by atoms with Gasteiger partial charge in [0.15, 0.2) is 11.5 Å². The van der Waals surface area contributed by atoms with Crippen LogP contribution in [-0.4, -0.2) is 33.5 Å². The quantitative estimate of drug-likeness (QED) is 0.787. The number of carbonyl (C=O) groups excluding carboxylic acids is 4. The first-order valence-corrected chi connectivity index (χ1v) is 10.7. The number of hydrogen-bond donors (Lipinski definition) is 1. The Morgan fingerprint density at radius 1 is 1.17 bits per heavy atom. The number of anilines is 1. The van der Waals surface area contributed by atoms with E-state index in [1.165, 1.54) is 4.90 Å². The predicted molar refractivity (Wildman–Crippen MR) is 113 cm³/mol. The summed E-state index contributed by atoms with van der Waals surface area (Å²) in [5.74, 6) is 0.306. The molecule has 2 aromatic rings. The number of nitrogens with one attached hydrogen (secondary N) is 1. The molecular weight excluding hydrogens is 404 g/mol. The lowest BCUT2D eigenvalue weighted by atomic mass is 9.76. The van der Waals surface area contributed by atoms with Gasteiger partial charge in [-0.25, -0.2) is 0 Å². The van der Waals surface area contributed by atoms with Gasteiger partial charge >= 0.3 is 0 Å². The molecule has 1 aromatic heterocycles. The second-order valence-electron chi connectivity index (χ2n) is 8.48. The number of Topliss-reactive ketones (excluding diaryl/α,β-unsaturated/α-hetero) is 1. The Bertz CT molecular complexity index is 1050. The van der Waals surface area contributed by atoms with Crippen molar-refractivity contribution < 1.29 is 23.6 Å². The molecule has 2 heterocycles. The normalized spacial score (nSPS) is 18.0. The van der Waals surface area contributed by atoms with E-state index in [2.05, 4.69) is 5.32 Å². The van der Waals surface area contributed by atoms with Gasteiger partial charge in [-0.05, 0) is 30.0 Å². The standard InChI is InChI=1S/C22H22N2O5S/c1-12-18-15(25)8-22(2,3)9-16(18)29-19(12)20(27)23-14-6-4-13(5-7-14)10-24-17(26)11-30-21(24)28/h4-7H,8-11H2,1-3H3,(H,23,27). The lowest BCUT2D eigenvalue weighted by Gasteiger charge is -2.27. The Labute approximate surface area is 178 Å². The van der Waals surface area contributed by atoms with Crippen LogP contribution in [0.15, 0.2) is 28.7 Å². The minimum Gasteiger partial charge on any atom is -0.455 e. The number of amides is 3. The Balaban J connectivity index is 1.48. The molecule has 1 saturated heterocycles. The Hall–Kier alpha value is -2.87. The van der Waals surface area contributed by atoms with Gasteiger partial charge < -0.3 is 9.73 Å². The predicted octanol–water partition coefficient (Wildman–Crippen LogP) is 4.19. The van der Waals surface area contributed by atoms with E-state index in [1.54, 1.807) is 31.2 Å². The fourth-order valence-electron chi connectivity index (χ4n) is 3.90. The second kappa shape index (κ2) is 7.43. The summed E-state index contributed by atoms with van der Waals surface area (Å²) in [5, 5.41) is 2.54. The number of thioether (sulfide) groups is 1. The average Bonchev–Trinajstić information content (AvgIpc) is 3.16. The Morgan fingerprint density at radius 3 is 2.50 bits per heavy atom. The molecule has 1 aliphatic heterocycles. The molecular formula is C22H22N2O5S. The van der Waals surface area contributed by atoms with E-state index in [-0.39, 0.29) is 40.4 Å². The third-order valence-corrected chi connectivity index (χ3v) is 6.23. The van der Waals surface area contributed by atoms with Gasteiger partial charge in [0.2, 0.25) is 5.91 Å². The molecule has 1 aromatic carbocycles. The van der Waals surface area contributed by atoms with E-state index in [0.29, 0.717) is 35.4 Å². The van der Waals surface area contributed by atoms with Crippen LogP contribution in [0.25, 0.3) is 0 Å². The molecule has 1 aliphatic carbocycles. The molecule has 156 valence electrons. The maximum Gasteiger partial charge on any atom is 0.291 e. The smallest absolute Gasteiger partial charge is 0.291 e. The van der Waals surface area contributed by atoms with Gasteiger partial charge in [-0.15, -0.1) is 0 Å². The first-order chi connectivity index (χ1) is 14.1. The summed E-state index contributed by atoms with van der Waals surface area (Å²) in [5.41, 5.74) is 2.26. The van der Waals surface area contributed by atoms with Gasteiger partial charge in [-0.2, -0.15) is 0 Å². The van der Waals surface area contributed by atoms with Crippen LogP contribution in [0.1, 0.15) is 58.1 Å². The molecule has 1 fully saturated rings. The van der Waals surface area contributed by atoms with Crippen molar-refractivity contribution in [3.8, 4) is 0 Å². The molecule has 8 heteroatoms. The van der Waals surface area contributed by atoms with Crippen LogP contribution in [0.4, 0.5) is 10.5 Å². The third-order valence-electron chi connectivity index (χ3n) is 5.38. The summed E-state index contributed by atoms with van der Waals surface area (Å²) in [4.78, 5) is 49.9. The lowest BCUT2D eigenvalue weighted by molar-refractivity contribution is -0.125. The maximum atomic E-state index is 12.8. The molecule has 0 unspecified atom stereocenters. The molecule has 4 rings (SSSR count). The molecule has 30 heavy (non-hydrogen) atoms. The van der Waals surface area contributed by atoms with Gasteiger partial charge in [0.05, 0.1) is 17.9 Å². The van der Waals surface area contributed by atoms with E-state index < -0.39 is 5.91 Å². The van der Waals surface area contributed by atoms with Gasteiger partial charge in [0.25, 0.3) is 11.1 Å². The molecule has 2 aliphatic rings. The molecule has 0 saturated carbocycles. The summed E-state index contributed by atoms with van der Waals surface area (Å²) in [6.07, 6.45) is 1.05. The van der Waals surface area contributed by atoms with Crippen LogP contribution >= 0.6 is 11.8 Å². The van der Waals surface area contributed by atoms with Crippen molar-refractivity contribution in [2.75, 3.05) is 11.1 Å². The van der Waals surface area contributed by atoms with Gasteiger partial charge in [-0.1, -0.05) is 37.7 Å². The van der Waals surface area contributed by atoms with E-state index in [0.717, 1.165) is 17.3 Å². The Kier molecular flexibility index (Phi) is 5.05. The molecule has 3 amide bonds. The van der Waals surface area contributed by atoms with Crippen LogP contribution in [0, 0.1) is 12.3 Å². The highest BCUT2D eigenvalue weighted by Crippen LogP contribution is 2.38. The monoisotopic (exact) mass is 426 g/mol. The fourth-order valence-corrected chi connectivity index (χ4v) is 4.62. The number of carbonyl (C=O) groups is 4. The van der Waals surface area contributed by atoms with Crippen LogP contribution in [-0.2, 0) is 17.8 Å². The van der Waals surface area contributed by atoms with Gasteiger partial charge in [0, 0.05) is 24.1 Å². The second-order valence-corrected chi connectivity index (χ2v) is 9.41. The van der Waals surface area contributed by atoms with Crippen LogP contribution in [0.2, 0.25) is 0 Å². The van der Waals surface area contributed by atoms with Crippen molar-refractivity contribution in [1.82, 2.24) is 4.90 Å². The van der Waals surface area contributed by atoms with E-state index in [1.807, 2.05) is 13.8 Å². The van der Waals surface area contributed by atoms with Crippen molar-refractivity contribution in [1.29, 1.82) is 0 Å². The number of fused-ring (bicyclic) bond motifs is 1. The highest BCUT2D eigenvalue weighted by atomic mass is 32.2. The Morgan fingerprint density at radius 2 is 1.87 bits per heavy atom. The number of hydrogen-bond acceptors (Lipinski definition) is 6. The lowest BCUT2D eigenvalue weighted by Crippen LogP contribution is -2.27. The zero-order chi connectivity index (χ0) is 21.6. The first kappa shape index (κ1) is 20.4. The number of imide groups is 1. The number of rotatable bonds is 4. The van der Waals surface area contributed by atoms with E-state index >= 15 is 0 Å². The van der Waals surface area contributed by atoms with Crippen molar-refractivity contribution in [3.05, 3.63) is 52.5 Å². The molecule has 0 atom stereocenters. The number of nitrogens with zero attached hydrogens (tertiary/aromatic N) is 1. The number of ketones is 1. The molecule has 7 nitrogen and oxygen atoms in total. The van der Waals surface area contributed by atoms with Crippen molar-refractivity contribution in [3.63, 3.8) is 0 Å². The largest absolute Gasteiger partial charge is 0.455 e. The molecule has 0 spiro atoms. The van der Waals surface area contributed by atoms with Crippen molar-refractivity contribution >= 4 is 40.3 Å². The minimum atomic E-state index is -0.415. The molecule has 0 radical (unpaired) electrons. The van der Waals surface area contributed by atoms with Crippen molar-refractivity contribution in [2.45, 2.75) is 40.2 Å². The average molecular weight is 426 g/mol. The minimum absolute atomic E-state index is 0.00933. The maximum absolute atomic E-state index is 12.8. The van der Waals surface area contributed by atoms with E-state index in [9.17, 15) is 19.2 Å². The summed E-state index contributed by atoms with van der Waals surface area (Å²) >= 11 is 1.00. The fraction of sp³-hybridized carbons (Fsp3) is 0.364. The van der Waals surface area contributed by atoms with Crippen LogP contribution in [0.5, 0.6) is 0 Å². The highest BCUT2D eigenvalue weighted by molar-refractivity contribution is 8.14. The van der Waals surface area contributed by atoms with Gasteiger partial charge in [-0.3, -0.25) is 24.1 Å².